The van der Waals surface area contributed by atoms with Gasteiger partial charge < -0.3 is 9.88 Å². The number of nitrogens with one attached hydrogen (secondary N) is 1. The third-order valence-electron chi connectivity index (χ3n) is 3.22. The molecule has 2 rings (SSSR count). The summed E-state index contributed by atoms with van der Waals surface area (Å²) in [5.74, 6) is -0.189. The minimum Gasteiger partial charge on any atom is -0.351 e. The molecule has 2 aromatic rings. The Hall–Kier alpha value is -1.61. The number of halogens is 1. The van der Waals surface area contributed by atoms with Crippen molar-refractivity contribution in [1.29, 1.82) is 0 Å². The van der Waals surface area contributed by atoms with E-state index in [0.29, 0.717) is 0 Å². The van der Waals surface area contributed by atoms with Crippen molar-refractivity contribution in [2.45, 2.75) is 33.0 Å². The highest BCUT2D eigenvalue weighted by Gasteiger charge is 2.06. The van der Waals surface area contributed by atoms with E-state index >= 15 is 0 Å². The number of rotatable bonds is 5. The van der Waals surface area contributed by atoms with Crippen LogP contribution >= 0.6 is 0 Å². The molecule has 0 aliphatic rings. The van der Waals surface area contributed by atoms with Crippen molar-refractivity contribution in [2.24, 2.45) is 0 Å². The molecular weight excluding hydrogens is 227 g/mol. The molecule has 0 radical (unpaired) electrons. The van der Waals surface area contributed by atoms with Crippen molar-refractivity contribution in [3.63, 3.8) is 0 Å². The van der Waals surface area contributed by atoms with Crippen LogP contribution in [-0.2, 0) is 13.1 Å². The Morgan fingerprint density at radius 2 is 1.94 bits per heavy atom. The van der Waals surface area contributed by atoms with Crippen molar-refractivity contribution in [2.75, 3.05) is 0 Å². The largest absolute Gasteiger partial charge is 0.351 e. The van der Waals surface area contributed by atoms with E-state index in [2.05, 4.69) is 42.1 Å². The van der Waals surface area contributed by atoms with E-state index in [1.54, 1.807) is 0 Å². The summed E-state index contributed by atoms with van der Waals surface area (Å²) in [6.45, 7) is 6.02. The lowest BCUT2D eigenvalue weighted by Crippen LogP contribution is -2.19. The Kier molecular flexibility index (Phi) is 4.15. The van der Waals surface area contributed by atoms with Gasteiger partial charge in [-0.2, -0.15) is 0 Å². The number of aryl methyl sites for hydroxylation is 1. The summed E-state index contributed by atoms with van der Waals surface area (Å²) >= 11 is 0. The third-order valence-corrected chi connectivity index (χ3v) is 3.22. The molecule has 96 valence electrons. The van der Waals surface area contributed by atoms with Gasteiger partial charge in [0.1, 0.15) is 5.82 Å². The van der Waals surface area contributed by atoms with Crippen LogP contribution in [0.4, 0.5) is 4.39 Å². The summed E-state index contributed by atoms with van der Waals surface area (Å²) < 4.78 is 15.0. The predicted octanol–water partition coefficient (Wildman–Crippen LogP) is 3.50. The minimum absolute atomic E-state index is 0.189. The highest BCUT2D eigenvalue weighted by molar-refractivity contribution is 5.19. The first-order valence-electron chi connectivity index (χ1n) is 6.33. The maximum atomic E-state index is 12.8. The Morgan fingerprint density at radius 1 is 1.22 bits per heavy atom. The van der Waals surface area contributed by atoms with Crippen molar-refractivity contribution in [3.05, 3.63) is 59.7 Å². The zero-order chi connectivity index (χ0) is 13.0. The SMILES string of the molecule is CCn1cccc1CN[C@H](C)c1ccc(F)cc1. The first kappa shape index (κ1) is 12.8. The molecule has 0 spiro atoms. The fourth-order valence-electron chi connectivity index (χ4n) is 2.05. The van der Waals surface area contributed by atoms with Crippen LogP contribution in [0.1, 0.15) is 31.1 Å². The first-order chi connectivity index (χ1) is 8.70. The Bertz CT molecular complexity index is 487. The Balaban J connectivity index is 1.96. The second kappa shape index (κ2) is 5.83. The van der Waals surface area contributed by atoms with E-state index in [-0.39, 0.29) is 11.9 Å². The summed E-state index contributed by atoms with van der Waals surface area (Å²) in [6, 6.07) is 11.0. The van der Waals surface area contributed by atoms with Gasteiger partial charge in [-0.3, -0.25) is 0 Å². The molecule has 0 saturated carbocycles. The molecule has 1 N–H and O–H groups in total. The molecule has 0 amide bonds. The molecule has 1 heterocycles. The van der Waals surface area contributed by atoms with Gasteiger partial charge in [-0.05, 0) is 43.7 Å². The van der Waals surface area contributed by atoms with Crippen molar-refractivity contribution < 1.29 is 4.39 Å². The molecule has 0 aliphatic carbocycles. The molecule has 0 fully saturated rings. The molecule has 2 nitrogen and oxygen atoms in total. The normalized spacial score (nSPS) is 12.6. The van der Waals surface area contributed by atoms with Crippen LogP contribution in [0.25, 0.3) is 0 Å². The lowest BCUT2D eigenvalue weighted by atomic mass is 10.1. The summed E-state index contributed by atoms with van der Waals surface area (Å²) in [7, 11) is 0. The van der Waals surface area contributed by atoms with E-state index in [4.69, 9.17) is 0 Å². The standard InChI is InChI=1S/C15H19FN2/c1-3-18-10-4-5-15(18)11-17-12(2)13-6-8-14(16)9-7-13/h4-10,12,17H,3,11H2,1-2H3/t12-/m1/s1. The van der Waals surface area contributed by atoms with Crippen LogP contribution < -0.4 is 5.32 Å². The highest BCUT2D eigenvalue weighted by Crippen LogP contribution is 2.13. The molecule has 1 aromatic heterocycles. The average molecular weight is 246 g/mol. The van der Waals surface area contributed by atoms with Gasteiger partial charge in [-0.1, -0.05) is 12.1 Å². The Morgan fingerprint density at radius 3 is 2.61 bits per heavy atom. The van der Waals surface area contributed by atoms with Gasteiger partial charge in [-0.25, -0.2) is 4.39 Å². The van der Waals surface area contributed by atoms with Crippen molar-refractivity contribution >= 4 is 0 Å². The zero-order valence-electron chi connectivity index (χ0n) is 10.9. The molecular formula is C15H19FN2. The quantitative estimate of drug-likeness (QED) is 0.854. The van der Waals surface area contributed by atoms with Crippen LogP contribution in [0.5, 0.6) is 0 Å². The lowest BCUT2D eigenvalue weighted by Gasteiger charge is -2.15. The van der Waals surface area contributed by atoms with Gasteiger partial charge in [0.2, 0.25) is 0 Å². The summed E-state index contributed by atoms with van der Waals surface area (Å²) in [5.41, 5.74) is 2.37. The number of benzene rings is 1. The van der Waals surface area contributed by atoms with Gasteiger partial charge in [-0.15, -0.1) is 0 Å². The molecule has 3 heteroatoms. The van der Waals surface area contributed by atoms with E-state index < -0.39 is 0 Å². The van der Waals surface area contributed by atoms with Crippen LogP contribution in [0.15, 0.2) is 42.6 Å². The smallest absolute Gasteiger partial charge is 0.123 e. The average Bonchev–Trinajstić information content (AvgIpc) is 2.84. The molecule has 0 unspecified atom stereocenters. The Labute approximate surface area is 107 Å². The monoisotopic (exact) mass is 246 g/mol. The predicted molar refractivity (Wildman–Crippen MR) is 71.8 cm³/mol. The number of hydrogen-bond acceptors (Lipinski definition) is 1. The minimum atomic E-state index is -0.189. The van der Waals surface area contributed by atoms with Crippen LogP contribution in [-0.4, -0.2) is 4.57 Å². The summed E-state index contributed by atoms with van der Waals surface area (Å²) in [5, 5.41) is 3.45. The summed E-state index contributed by atoms with van der Waals surface area (Å²) in [4.78, 5) is 0. The van der Waals surface area contributed by atoms with Gasteiger partial charge in [0.05, 0.1) is 0 Å². The maximum Gasteiger partial charge on any atom is 0.123 e. The van der Waals surface area contributed by atoms with E-state index in [1.165, 1.54) is 17.8 Å². The second-order valence-electron chi connectivity index (χ2n) is 4.44. The van der Waals surface area contributed by atoms with E-state index in [9.17, 15) is 4.39 Å². The highest BCUT2D eigenvalue weighted by atomic mass is 19.1. The molecule has 18 heavy (non-hydrogen) atoms. The van der Waals surface area contributed by atoms with Crippen LogP contribution in [0, 0.1) is 5.82 Å². The number of hydrogen-bond donors (Lipinski definition) is 1. The molecule has 1 atom stereocenters. The van der Waals surface area contributed by atoms with Gasteiger partial charge in [0.25, 0.3) is 0 Å². The van der Waals surface area contributed by atoms with Gasteiger partial charge in [0, 0.05) is 31.0 Å². The lowest BCUT2D eigenvalue weighted by molar-refractivity contribution is 0.547. The first-order valence-corrected chi connectivity index (χ1v) is 6.33. The molecule has 0 bridgehead atoms. The molecule has 0 saturated heterocycles. The van der Waals surface area contributed by atoms with Gasteiger partial charge >= 0.3 is 0 Å². The van der Waals surface area contributed by atoms with Gasteiger partial charge in [0.15, 0.2) is 0 Å². The molecule has 0 aliphatic heterocycles. The van der Waals surface area contributed by atoms with E-state index in [1.807, 2.05) is 12.1 Å². The number of nitrogens with zero attached hydrogens (tertiary/aromatic N) is 1. The third kappa shape index (κ3) is 2.99. The van der Waals surface area contributed by atoms with Crippen molar-refractivity contribution in [3.8, 4) is 0 Å². The van der Waals surface area contributed by atoms with Crippen LogP contribution in [0.2, 0.25) is 0 Å². The molecule has 1 aromatic carbocycles. The topological polar surface area (TPSA) is 17.0 Å². The zero-order valence-corrected chi connectivity index (χ0v) is 10.9. The number of aromatic nitrogens is 1. The maximum absolute atomic E-state index is 12.8. The fraction of sp³-hybridized carbons (Fsp3) is 0.333. The van der Waals surface area contributed by atoms with E-state index in [0.717, 1.165) is 18.7 Å². The fourth-order valence-corrected chi connectivity index (χ4v) is 2.05. The summed E-state index contributed by atoms with van der Waals surface area (Å²) in [6.07, 6.45) is 2.08. The van der Waals surface area contributed by atoms with Crippen molar-refractivity contribution in [1.82, 2.24) is 9.88 Å². The van der Waals surface area contributed by atoms with Crippen LogP contribution in [0.3, 0.4) is 0 Å². The second-order valence-corrected chi connectivity index (χ2v) is 4.44.